The van der Waals surface area contributed by atoms with Crippen LogP contribution in [0.3, 0.4) is 0 Å². The van der Waals surface area contributed by atoms with E-state index in [1.54, 1.807) is 36.5 Å². The molecule has 0 N–H and O–H groups in total. The fourth-order valence-corrected chi connectivity index (χ4v) is 3.42. The predicted molar refractivity (Wildman–Crippen MR) is 87.3 cm³/mol. The van der Waals surface area contributed by atoms with Crippen LogP contribution < -0.4 is 0 Å². The summed E-state index contributed by atoms with van der Waals surface area (Å²) in [5, 5.41) is 0.654. The molecule has 4 rings (SSSR count). The van der Waals surface area contributed by atoms with E-state index in [1.807, 2.05) is 10.8 Å². The molecular formula is C18H18FN3O2. The van der Waals surface area contributed by atoms with Gasteiger partial charge in [-0.25, -0.2) is 9.37 Å². The van der Waals surface area contributed by atoms with E-state index >= 15 is 0 Å². The van der Waals surface area contributed by atoms with E-state index in [4.69, 9.17) is 4.42 Å². The van der Waals surface area contributed by atoms with E-state index in [9.17, 15) is 9.18 Å². The van der Waals surface area contributed by atoms with Crippen LogP contribution in [-0.2, 0) is 0 Å². The summed E-state index contributed by atoms with van der Waals surface area (Å²) < 4.78 is 21.5. The van der Waals surface area contributed by atoms with Crippen molar-refractivity contribution in [2.75, 3.05) is 13.1 Å². The van der Waals surface area contributed by atoms with Gasteiger partial charge in [-0.2, -0.15) is 0 Å². The lowest BCUT2D eigenvalue weighted by molar-refractivity contribution is 0.0648. The molecule has 0 spiro atoms. The second-order valence-electron chi connectivity index (χ2n) is 6.23. The maximum absolute atomic E-state index is 13.9. The number of carbonyl (C=O) groups excluding carboxylic acids is 1. The van der Waals surface area contributed by atoms with E-state index in [0.29, 0.717) is 24.0 Å². The van der Waals surface area contributed by atoms with Gasteiger partial charge in [0.1, 0.15) is 0 Å². The Labute approximate surface area is 138 Å². The minimum absolute atomic E-state index is 0.154. The van der Waals surface area contributed by atoms with Crippen LogP contribution in [0.5, 0.6) is 0 Å². The first-order valence-corrected chi connectivity index (χ1v) is 8.09. The number of hydrogen-bond acceptors (Lipinski definition) is 3. The van der Waals surface area contributed by atoms with Crippen LogP contribution in [0.15, 0.2) is 41.3 Å². The molecule has 1 aromatic carbocycles. The largest absolute Gasteiger partial charge is 0.448 e. The van der Waals surface area contributed by atoms with Crippen molar-refractivity contribution in [1.29, 1.82) is 0 Å². The minimum Gasteiger partial charge on any atom is -0.448 e. The van der Waals surface area contributed by atoms with Gasteiger partial charge in [-0.15, -0.1) is 0 Å². The van der Waals surface area contributed by atoms with Gasteiger partial charge >= 0.3 is 0 Å². The first-order valence-electron chi connectivity index (χ1n) is 8.09. The van der Waals surface area contributed by atoms with Crippen molar-refractivity contribution in [3.63, 3.8) is 0 Å². The Kier molecular flexibility index (Phi) is 3.59. The number of piperidine rings is 1. The average molecular weight is 327 g/mol. The Balaban J connectivity index is 1.64. The second kappa shape index (κ2) is 5.78. The topological polar surface area (TPSA) is 51.3 Å². The van der Waals surface area contributed by atoms with Crippen molar-refractivity contribution in [2.24, 2.45) is 0 Å². The fourth-order valence-electron chi connectivity index (χ4n) is 3.42. The number of fused-ring (bicyclic) bond motifs is 1. The van der Waals surface area contributed by atoms with Gasteiger partial charge in [-0.05, 0) is 25.8 Å². The normalized spacial score (nSPS) is 18.2. The Bertz CT molecular complexity index is 885. The van der Waals surface area contributed by atoms with Gasteiger partial charge in [0.2, 0.25) is 0 Å². The van der Waals surface area contributed by atoms with Gasteiger partial charge in [0.25, 0.3) is 5.91 Å². The summed E-state index contributed by atoms with van der Waals surface area (Å²) >= 11 is 0. The second-order valence-corrected chi connectivity index (χ2v) is 6.23. The number of hydrogen-bond donors (Lipinski definition) is 0. The summed E-state index contributed by atoms with van der Waals surface area (Å²) in [6, 6.07) is 4.96. The molecule has 6 heteroatoms. The molecule has 1 aliphatic rings. The highest BCUT2D eigenvalue weighted by atomic mass is 19.1. The Hall–Kier alpha value is -2.63. The molecule has 5 nitrogen and oxygen atoms in total. The number of carbonyl (C=O) groups is 1. The van der Waals surface area contributed by atoms with Gasteiger partial charge in [0.05, 0.1) is 12.4 Å². The minimum atomic E-state index is -0.440. The van der Waals surface area contributed by atoms with Crippen molar-refractivity contribution in [2.45, 2.75) is 25.8 Å². The molecule has 3 heterocycles. The van der Waals surface area contributed by atoms with Gasteiger partial charge in [0, 0.05) is 36.4 Å². The van der Waals surface area contributed by atoms with Gasteiger partial charge < -0.3 is 13.9 Å². The summed E-state index contributed by atoms with van der Waals surface area (Å²) in [7, 11) is 0. The van der Waals surface area contributed by atoms with Crippen molar-refractivity contribution in [3.8, 4) is 0 Å². The van der Waals surface area contributed by atoms with Crippen LogP contribution in [-0.4, -0.2) is 33.4 Å². The molecule has 3 aromatic rings. The zero-order valence-corrected chi connectivity index (χ0v) is 13.4. The zero-order chi connectivity index (χ0) is 16.7. The SMILES string of the molecule is Cc1c(C(=O)N2CCC[C@H](n3ccnc3)C2)oc2c(F)cccc12. The highest BCUT2D eigenvalue weighted by Crippen LogP contribution is 2.30. The van der Waals surface area contributed by atoms with Crippen LogP contribution in [0, 0.1) is 12.7 Å². The Morgan fingerprint density at radius 2 is 2.29 bits per heavy atom. The van der Waals surface area contributed by atoms with Crippen LogP contribution >= 0.6 is 0 Å². The molecule has 124 valence electrons. The fraction of sp³-hybridized carbons (Fsp3) is 0.333. The van der Waals surface area contributed by atoms with Crippen molar-refractivity contribution in [1.82, 2.24) is 14.5 Å². The first kappa shape index (κ1) is 14.9. The van der Waals surface area contributed by atoms with Crippen LogP contribution in [0.25, 0.3) is 11.0 Å². The lowest BCUT2D eigenvalue weighted by atomic mass is 10.0. The molecular weight excluding hydrogens is 309 g/mol. The molecule has 0 radical (unpaired) electrons. The number of rotatable bonds is 2. The van der Waals surface area contributed by atoms with Crippen LogP contribution in [0.1, 0.15) is 35.0 Å². The summed E-state index contributed by atoms with van der Waals surface area (Å²) in [5.74, 6) is -0.376. The molecule has 0 saturated carbocycles. The molecule has 1 fully saturated rings. The summed E-state index contributed by atoms with van der Waals surface area (Å²) in [4.78, 5) is 18.8. The number of likely N-dealkylation sites (tertiary alicyclic amines) is 1. The van der Waals surface area contributed by atoms with Crippen molar-refractivity contribution < 1.29 is 13.6 Å². The van der Waals surface area contributed by atoms with Crippen molar-refractivity contribution >= 4 is 16.9 Å². The monoisotopic (exact) mass is 327 g/mol. The number of halogens is 1. The van der Waals surface area contributed by atoms with E-state index in [1.165, 1.54) is 6.07 Å². The number of amides is 1. The van der Waals surface area contributed by atoms with Gasteiger partial charge in [0.15, 0.2) is 17.2 Å². The number of aromatic nitrogens is 2. The smallest absolute Gasteiger partial charge is 0.289 e. The molecule has 1 atom stereocenters. The van der Waals surface area contributed by atoms with E-state index in [-0.39, 0.29) is 23.3 Å². The van der Waals surface area contributed by atoms with Crippen molar-refractivity contribution in [3.05, 3.63) is 54.1 Å². The average Bonchev–Trinajstić information content (AvgIpc) is 3.24. The molecule has 2 aromatic heterocycles. The van der Waals surface area contributed by atoms with E-state index < -0.39 is 5.82 Å². The number of imidazole rings is 1. The van der Waals surface area contributed by atoms with Gasteiger partial charge in [-0.3, -0.25) is 4.79 Å². The molecule has 0 bridgehead atoms. The summed E-state index contributed by atoms with van der Waals surface area (Å²) in [5.41, 5.74) is 0.848. The quantitative estimate of drug-likeness (QED) is 0.723. The molecule has 0 aliphatic carbocycles. The zero-order valence-electron chi connectivity index (χ0n) is 13.4. The lowest BCUT2D eigenvalue weighted by Crippen LogP contribution is -2.40. The number of furan rings is 1. The predicted octanol–water partition coefficient (Wildman–Crippen LogP) is 3.55. The maximum Gasteiger partial charge on any atom is 0.289 e. The van der Waals surface area contributed by atoms with Crippen LogP contribution in [0.2, 0.25) is 0 Å². The standard InChI is InChI=1S/C18H18FN3O2/c1-12-14-5-2-6-15(19)17(14)24-16(12)18(23)21-8-3-4-13(10-21)22-9-7-20-11-22/h2,5-7,9,11,13H,3-4,8,10H2,1H3/t13-/m0/s1. The Morgan fingerprint density at radius 3 is 3.04 bits per heavy atom. The summed E-state index contributed by atoms with van der Waals surface area (Å²) in [6.45, 7) is 3.09. The third-order valence-corrected chi connectivity index (χ3v) is 4.74. The molecule has 0 unspecified atom stereocenters. The third-order valence-electron chi connectivity index (χ3n) is 4.74. The maximum atomic E-state index is 13.9. The summed E-state index contributed by atoms with van der Waals surface area (Å²) in [6.07, 6.45) is 7.37. The first-order chi connectivity index (χ1) is 11.6. The lowest BCUT2D eigenvalue weighted by Gasteiger charge is -2.33. The molecule has 1 amide bonds. The number of benzene rings is 1. The highest BCUT2D eigenvalue weighted by Gasteiger charge is 2.29. The Morgan fingerprint density at radius 1 is 1.42 bits per heavy atom. The molecule has 1 saturated heterocycles. The molecule has 1 aliphatic heterocycles. The number of para-hydroxylation sites is 1. The van der Waals surface area contributed by atoms with E-state index in [0.717, 1.165) is 12.8 Å². The third kappa shape index (κ3) is 2.38. The molecule has 24 heavy (non-hydrogen) atoms. The number of nitrogens with zero attached hydrogens (tertiary/aromatic N) is 3. The van der Waals surface area contributed by atoms with E-state index in [2.05, 4.69) is 4.98 Å². The van der Waals surface area contributed by atoms with Gasteiger partial charge in [-0.1, -0.05) is 12.1 Å². The highest BCUT2D eigenvalue weighted by molar-refractivity contribution is 5.99. The van der Waals surface area contributed by atoms with Crippen LogP contribution in [0.4, 0.5) is 4.39 Å². The number of aryl methyl sites for hydroxylation is 1.